The van der Waals surface area contributed by atoms with E-state index in [0.717, 1.165) is 12.2 Å². The fourth-order valence-corrected chi connectivity index (χ4v) is 8.96. The van der Waals surface area contributed by atoms with Gasteiger partial charge in [0, 0.05) is 33.7 Å². The molecule has 0 saturated carbocycles. The number of rotatable bonds is 4. The van der Waals surface area contributed by atoms with E-state index in [9.17, 15) is 0 Å². The molecule has 244 valence electrons. The lowest BCUT2D eigenvalue weighted by Crippen LogP contribution is -2.35. The molecule has 1 aromatic heterocycles. The summed E-state index contributed by atoms with van der Waals surface area (Å²) in [7, 11) is 0. The molecule has 9 aromatic rings. The number of aromatic nitrogens is 1. The normalized spacial score (nSPS) is 16.3. The summed E-state index contributed by atoms with van der Waals surface area (Å²) >= 11 is 0. The van der Waals surface area contributed by atoms with Gasteiger partial charge in [-0.2, -0.15) is 0 Å². The van der Waals surface area contributed by atoms with Crippen LogP contribution in [0.25, 0.3) is 76.9 Å². The Morgan fingerprint density at radius 2 is 1.13 bits per heavy atom. The first-order chi connectivity index (χ1) is 25.8. The highest BCUT2D eigenvalue weighted by Crippen LogP contribution is 2.50. The Balaban J connectivity index is 1.23. The number of benzene rings is 8. The smallest absolute Gasteiger partial charge is 0.157 e. The molecule has 0 amide bonds. The topological polar surface area (TPSA) is 14.2 Å². The molecular formula is C50H33NO. The Bertz CT molecular complexity index is 2950. The van der Waals surface area contributed by atoms with Crippen LogP contribution in [0, 0.1) is 0 Å². The molecule has 2 heterocycles. The molecule has 2 nitrogen and oxygen atoms in total. The molecule has 11 rings (SSSR count). The minimum Gasteiger partial charge on any atom is -0.477 e. The number of hydrogen-bond donors (Lipinski definition) is 0. The highest BCUT2D eigenvalue weighted by atomic mass is 16.5. The number of hydrogen-bond acceptors (Lipinski definition) is 1. The molecular weight excluding hydrogens is 631 g/mol. The SMILES string of the molecule is C1=CC2(c3ccc4c(c3)c3ccccc3n4-c3cccc4c(-c5ccccc5)c5ccccc5c(-c5ccccc5)c34)CC(=C1)c1ccccc1O2. The van der Waals surface area contributed by atoms with Gasteiger partial charge in [-0.3, -0.25) is 0 Å². The maximum atomic E-state index is 6.91. The van der Waals surface area contributed by atoms with Gasteiger partial charge in [0.1, 0.15) is 5.75 Å². The van der Waals surface area contributed by atoms with E-state index in [4.69, 9.17) is 4.74 Å². The van der Waals surface area contributed by atoms with E-state index < -0.39 is 5.60 Å². The van der Waals surface area contributed by atoms with Crippen molar-refractivity contribution in [3.05, 3.63) is 199 Å². The standard InChI is InChI=1S/C50H33NO/c1-3-15-33(16-4-1)47-39-22-7-8-23-40(39)48(34-17-5-2-6-18-34)49-41(47)24-13-26-45(49)51-43-25-11-9-21-38(43)42-31-36(28-29-44(42)51)50-30-14-19-35(32-50)37-20-10-12-27-46(37)52-50/h1-31H,32H2. The number of fused-ring (bicyclic) bond motifs is 9. The van der Waals surface area contributed by atoms with Crippen LogP contribution in [0.1, 0.15) is 17.5 Å². The second-order valence-corrected chi connectivity index (χ2v) is 14.0. The van der Waals surface area contributed by atoms with Gasteiger partial charge in [0.2, 0.25) is 0 Å². The van der Waals surface area contributed by atoms with Gasteiger partial charge in [0.25, 0.3) is 0 Å². The molecule has 0 fully saturated rings. The Morgan fingerprint density at radius 1 is 0.500 bits per heavy atom. The highest BCUT2D eigenvalue weighted by Gasteiger charge is 2.40. The Morgan fingerprint density at radius 3 is 1.94 bits per heavy atom. The summed E-state index contributed by atoms with van der Waals surface area (Å²) in [6, 6.07) is 61.8. The van der Waals surface area contributed by atoms with Crippen molar-refractivity contribution < 1.29 is 4.74 Å². The lowest BCUT2D eigenvalue weighted by atomic mass is 9.78. The van der Waals surface area contributed by atoms with Crippen LogP contribution in [-0.2, 0) is 5.60 Å². The minimum absolute atomic E-state index is 0.556. The summed E-state index contributed by atoms with van der Waals surface area (Å²) in [5, 5.41) is 7.43. The zero-order chi connectivity index (χ0) is 34.2. The Hall–Kier alpha value is -6.64. The van der Waals surface area contributed by atoms with Crippen molar-refractivity contribution in [3.63, 3.8) is 0 Å². The fraction of sp³-hybridized carbons (Fsp3) is 0.0400. The third-order valence-corrected chi connectivity index (χ3v) is 11.2. The van der Waals surface area contributed by atoms with Gasteiger partial charge in [-0.05, 0) is 80.4 Å². The van der Waals surface area contributed by atoms with Gasteiger partial charge in [-0.25, -0.2) is 0 Å². The third kappa shape index (κ3) is 4.18. The average molecular weight is 664 g/mol. The predicted octanol–water partition coefficient (Wildman–Crippen LogP) is 13.1. The van der Waals surface area contributed by atoms with E-state index in [1.165, 1.54) is 88.0 Å². The van der Waals surface area contributed by atoms with Crippen molar-refractivity contribution >= 4 is 48.9 Å². The summed E-state index contributed by atoms with van der Waals surface area (Å²) in [5.41, 5.74) is 11.6. The van der Waals surface area contributed by atoms with Crippen LogP contribution in [0.3, 0.4) is 0 Å². The minimum atomic E-state index is -0.556. The second kappa shape index (κ2) is 11.2. The number of allylic oxidation sites excluding steroid dienone is 2. The first-order valence-corrected chi connectivity index (χ1v) is 18.1. The molecule has 1 aliphatic carbocycles. The number of ether oxygens (including phenoxy) is 1. The van der Waals surface area contributed by atoms with Crippen LogP contribution >= 0.6 is 0 Å². The number of para-hydroxylation sites is 2. The van der Waals surface area contributed by atoms with Crippen LogP contribution in [0.15, 0.2) is 188 Å². The first kappa shape index (κ1) is 29.1. The van der Waals surface area contributed by atoms with Crippen molar-refractivity contribution in [3.8, 4) is 33.7 Å². The van der Waals surface area contributed by atoms with Crippen molar-refractivity contribution in [1.82, 2.24) is 4.57 Å². The third-order valence-electron chi connectivity index (χ3n) is 11.2. The van der Waals surface area contributed by atoms with Crippen LogP contribution < -0.4 is 4.74 Å². The van der Waals surface area contributed by atoms with Gasteiger partial charge < -0.3 is 9.30 Å². The largest absolute Gasteiger partial charge is 0.477 e. The lowest BCUT2D eigenvalue weighted by Gasteiger charge is -2.40. The summed E-state index contributed by atoms with van der Waals surface area (Å²) in [6.45, 7) is 0. The van der Waals surface area contributed by atoms with Crippen molar-refractivity contribution in [2.24, 2.45) is 0 Å². The molecule has 2 heteroatoms. The Labute approximate surface area is 302 Å². The zero-order valence-electron chi connectivity index (χ0n) is 28.5. The van der Waals surface area contributed by atoms with Crippen LogP contribution in [0.4, 0.5) is 0 Å². The van der Waals surface area contributed by atoms with E-state index in [-0.39, 0.29) is 0 Å². The van der Waals surface area contributed by atoms with Crippen LogP contribution in [0.2, 0.25) is 0 Å². The lowest BCUT2D eigenvalue weighted by molar-refractivity contribution is 0.116. The van der Waals surface area contributed by atoms with E-state index in [1.54, 1.807) is 0 Å². The van der Waals surface area contributed by atoms with E-state index >= 15 is 0 Å². The fourth-order valence-electron chi connectivity index (χ4n) is 8.96. The maximum Gasteiger partial charge on any atom is 0.157 e. The average Bonchev–Trinajstić information content (AvgIpc) is 3.54. The van der Waals surface area contributed by atoms with Crippen molar-refractivity contribution in [2.45, 2.75) is 12.0 Å². The summed E-state index contributed by atoms with van der Waals surface area (Å²) in [5.74, 6) is 0.942. The molecule has 1 atom stereocenters. The van der Waals surface area contributed by atoms with Gasteiger partial charge in [0.05, 0.1) is 16.7 Å². The molecule has 0 N–H and O–H groups in total. The van der Waals surface area contributed by atoms with Crippen molar-refractivity contribution in [2.75, 3.05) is 0 Å². The van der Waals surface area contributed by atoms with Crippen LogP contribution in [0.5, 0.6) is 5.75 Å². The summed E-state index contributed by atoms with van der Waals surface area (Å²) in [6.07, 6.45) is 7.45. The molecule has 1 unspecified atom stereocenters. The molecule has 8 aromatic carbocycles. The number of nitrogens with zero attached hydrogens (tertiary/aromatic N) is 1. The Kier molecular flexibility index (Phi) is 6.26. The first-order valence-electron chi connectivity index (χ1n) is 18.1. The molecule has 2 aliphatic rings. The van der Waals surface area contributed by atoms with Gasteiger partial charge in [-0.15, -0.1) is 0 Å². The summed E-state index contributed by atoms with van der Waals surface area (Å²) < 4.78 is 9.40. The van der Waals surface area contributed by atoms with Crippen molar-refractivity contribution in [1.29, 1.82) is 0 Å². The second-order valence-electron chi connectivity index (χ2n) is 14.0. The monoisotopic (exact) mass is 663 g/mol. The molecule has 0 spiro atoms. The molecule has 52 heavy (non-hydrogen) atoms. The predicted molar refractivity (Wildman–Crippen MR) is 217 cm³/mol. The van der Waals surface area contributed by atoms with Crippen LogP contribution in [-0.4, -0.2) is 4.57 Å². The molecule has 0 radical (unpaired) electrons. The zero-order valence-corrected chi connectivity index (χ0v) is 28.5. The molecule has 0 saturated heterocycles. The van der Waals surface area contributed by atoms with Gasteiger partial charge in [-0.1, -0.05) is 152 Å². The quantitative estimate of drug-likeness (QED) is 0.171. The molecule has 1 aliphatic heterocycles. The van der Waals surface area contributed by atoms with Gasteiger partial charge >= 0.3 is 0 Å². The highest BCUT2D eigenvalue weighted by molar-refractivity contribution is 6.24. The van der Waals surface area contributed by atoms with Gasteiger partial charge in [0.15, 0.2) is 5.60 Å². The summed E-state index contributed by atoms with van der Waals surface area (Å²) in [4.78, 5) is 0. The molecule has 2 bridgehead atoms. The van der Waals surface area contributed by atoms with E-state index in [1.807, 2.05) is 0 Å². The maximum absolute atomic E-state index is 6.91. The van der Waals surface area contributed by atoms with E-state index in [0.29, 0.717) is 0 Å². The van der Waals surface area contributed by atoms with E-state index in [2.05, 4.69) is 193 Å².